The Hall–Kier alpha value is -4.31. The fourth-order valence-corrected chi connectivity index (χ4v) is 3.65. The van der Waals surface area contributed by atoms with Crippen molar-refractivity contribution >= 4 is 16.7 Å². The highest BCUT2D eigenvalue weighted by Gasteiger charge is 2.21. The maximum Gasteiger partial charge on any atom is 0.272 e. The number of rotatable bonds is 4. The van der Waals surface area contributed by atoms with Crippen molar-refractivity contribution in [2.24, 2.45) is 0 Å². The third-order valence-electron chi connectivity index (χ3n) is 5.20. The molecule has 2 aromatic carbocycles. The van der Waals surface area contributed by atoms with Crippen LogP contribution < -0.4 is 10.9 Å². The van der Waals surface area contributed by atoms with Crippen molar-refractivity contribution in [2.45, 2.75) is 19.9 Å². The van der Waals surface area contributed by atoms with E-state index in [0.717, 1.165) is 0 Å². The molecule has 0 aliphatic rings. The van der Waals surface area contributed by atoms with Crippen LogP contribution in [0.3, 0.4) is 0 Å². The van der Waals surface area contributed by atoms with Crippen LogP contribution in [0, 0.1) is 25.1 Å². The number of terminal acetylenes is 1. The molecule has 0 radical (unpaired) electrons. The van der Waals surface area contributed by atoms with Gasteiger partial charge in [0.2, 0.25) is 0 Å². The van der Waals surface area contributed by atoms with Gasteiger partial charge in [-0.05, 0) is 55.6 Å². The van der Waals surface area contributed by atoms with Crippen LogP contribution in [-0.2, 0) is 0 Å². The molecule has 4 rings (SSSR count). The maximum atomic E-state index is 13.6. The van der Waals surface area contributed by atoms with E-state index in [4.69, 9.17) is 6.42 Å². The molecule has 4 aromatic rings. The van der Waals surface area contributed by atoms with E-state index in [0.29, 0.717) is 33.4 Å². The Balaban J connectivity index is 1.89. The number of nitrogens with zero attached hydrogens (tertiary/aromatic N) is 3. The van der Waals surface area contributed by atoms with E-state index >= 15 is 0 Å². The zero-order valence-electron chi connectivity index (χ0n) is 17.5. The van der Waals surface area contributed by atoms with Gasteiger partial charge in [-0.2, -0.15) is 0 Å². The lowest BCUT2D eigenvalue weighted by Crippen LogP contribution is -2.33. The highest BCUT2D eigenvalue weighted by atomic mass is 19.1. The zero-order valence-corrected chi connectivity index (χ0v) is 17.5. The molecule has 1 N–H and O–H groups in total. The lowest BCUT2D eigenvalue weighted by Gasteiger charge is -2.21. The molecule has 1 amide bonds. The third kappa shape index (κ3) is 3.74. The standard InChI is InChI=1S/C25H19FN4O2/c1-4-17-6-5-7-18-14-21(15(2)29-24(31)23-16(3)27-12-13-28-23)30(25(32)22(17)18)20-10-8-19(26)9-11-20/h1,5-15H,2-3H3,(H,29,31)/t15-/m0/s1. The molecule has 0 spiro atoms. The number of amides is 1. The Morgan fingerprint density at radius 2 is 1.88 bits per heavy atom. The molecular formula is C25H19FN4O2. The van der Waals surface area contributed by atoms with Crippen molar-refractivity contribution < 1.29 is 9.18 Å². The summed E-state index contributed by atoms with van der Waals surface area (Å²) in [7, 11) is 0. The Kier molecular flexibility index (Phi) is 5.52. The van der Waals surface area contributed by atoms with E-state index in [1.54, 1.807) is 38.1 Å². The first kappa shape index (κ1) is 20.9. The molecule has 0 saturated heterocycles. The summed E-state index contributed by atoms with van der Waals surface area (Å²) in [4.78, 5) is 34.6. The van der Waals surface area contributed by atoms with Crippen molar-refractivity contribution in [3.63, 3.8) is 0 Å². The van der Waals surface area contributed by atoms with Gasteiger partial charge in [-0.3, -0.25) is 19.1 Å². The molecule has 2 heterocycles. The van der Waals surface area contributed by atoms with Gasteiger partial charge >= 0.3 is 0 Å². The van der Waals surface area contributed by atoms with Gasteiger partial charge in [-0.1, -0.05) is 18.1 Å². The van der Waals surface area contributed by atoms with E-state index in [1.165, 1.54) is 41.2 Å². The monoisotopic (exact) mass is 426 g/mol. The van der Waals surface area contributed by atoms with E-state index in [9.17, 15) is 14.0 Å². The molecule has 0 aliphatic heterocycles. The number of nitrogens with one attached hydrogen (secondary N) is 1. The van der Waals surface area contributed by atoms with Crippen LogP contribution in [0.2, 0.25) is 0 Å². The van der Waals surface area contributed by atoms with E-state index in [1.807, 2.05) is 0 Å². The average Bonchev–Trinajstić information content (AvgIpc) is 2.79. The predicted molar refractivity (Wildman–Crippen MR) is 120 cm³/mol. The van der Waals surface area contributed by atoms with Gasteiger partial charge in [-0.15, -0.1) is 6.42 Å². The summed E-state index contributed by atoms with van der Waals surface area (Å²) in [5.74, 6) is 1.71. The second kappa shape index (κ2) is 8.44. The lowest BCUT2D eigenvalue weighted by atomic mass is 10.0. The molecule has 2 aromatic heterocycles. The molecular weight excluding hydrogens is 407 g/mol. The first-order valence-electron chi connectivity index (χ1n) is 9.90. The molecule has 1 atom stereocenters. The second-order valence-corrected chi connectivity index (χ2v) is 7.29. The number of carbonyl (C=O) groups excluding carboxylic acids is 1. The summed E-state index contributed by atoms with van der Waals surface area (Å²) >= 11 is 0. The van der Waals surface area contributed by atoms with Gasteiger partial charge < -0.3 is 5.32 Å². The topological polar surface area (TPSA) is 76.9 Å². The highest BCUT2D eigenvalue weighted by molar-refractivity contribution is 5.93. The number of aromatic nitrogens is 3. The summed E-state index contributed by atoms with van der Waals surface area (Å²) in [5, 5.41) is 3.91. The smallest absolute Gasteiger partial charge is 0.272 e. The van der Waals surface area contributed by atoms with Crippen LogP contribution >= 0.6 is 0 Å². The Labute approximate surface area is 183 Å². The average molecular weight is 426 g/mol. The Morgan fingerprint density at radius 1 is 1.16 bits per heavy atom. The van der Waals surface area contributed by atoms with Crippen molar-refractivity contribution in [2.75, 3.05) is 0 Å². The fourth-order valence-electron chi connectivity index (χ4n) is 3.65. The minimum atomic E-state index is -0.583. The molecule has 32 heavy (non-hydrogen) atoms. The van der Waals surface area contributed by atoms with Crippen molar-refractivity contribution in [3.8, 4) is 18.0 Å². The summed E-state index contributed by atoms with van der Waals surface area (Å²) in [6, 6.07) is 12.0. The minimum Gasteiger partial charge on any atom is -0.343 e. The van der Waals surface area contributed by atoms with Crippen molar-refractivity contribution in [1.29, 1.82) is 0 Å². The number of aryl methyl sites for hydroxylation is 1. The number of hydrogen-bond acceptors (Lipinski definition) is 4. The number of carbonyl (C=O) groups is 1. The normalized spacial score (nSPS) is 11.7. The summed E-state index contributed by atoms with van der Waals surface area (Å²) < 4.78 is 15.0. The predicted octanol–water partition coefficient (Wildman–Crippen LogP) is 3.70. The highest BCUT2D eigenvalue weighted by Crippen LogP contribution is 2.23. The van der Waals surface area contributed by atoms with Crippen molar-refractivity contribution in [3.05, 3.63) is 99.7 Å². The fraction of sp³-hybridized carbons (Fsp3) is 0.120. The summed E-state index contributed by atoms with van der Waals surface area (Å²) in [5.41, 5.74) is 1.77. The molecule has 6 nitrogen and oxygen atoms in total. The zero-order chi connectivity index (χ0) is 22.8. The van der Waals surface area contributed by atoms with Crippen LogP contribution in [0.4, 0.5) is 4.39 Å². The SMILES string of the molecule is C#Cc1cccc2cc([C@H](C)NC(=O)c3nccnc3C)n(-c3ccc(F)cc3)c(=O)c12. The summed E-state index contributed by atoms with van der Waals surface area (Å²) in [6.45, 7) is 3.45. The molecule has 0 saturated carbocycles. The second-order valence-electron chi connectivity index (χ2n) is 7.29. The van der Waals surface area contributed by atoms with Gasteiger partial charge in [0.15, 0.2) is 0 Å². The largest absolute Gasteiger partial charge is 0.343 e. The molecule has 0 fully saturated rings. The van der Waals surface area contributed by atoms with Crippen LogP contribution in [0.25, 0.3) is 16.5 Å². The minimum absolute atomic E-state index is 0.199. The van der Waals surface area contributed by atoms with Gasteiger partial charge in [0.1, 0.15) is 11.5 Å². The van der Waals surface area contributed by atoms with E-state index < -0.39 is 17.8 Å². The molecule has 0 unspecified atom stereocenters. The summed E-state index contributed by atoms with van der Waals surface area (Å²) in [6.07, 6.45) is 8.57. The number of hydrogen-bond donors (Lipinski definition) is 1. The quantitative estimate of drug-likeness (QED) is 0.505. The third-order valence-corrected chi connectivity index (χ3v) is 5.20. The van der Waals surface area contributed by atoms with Crippen molar-refractivity contribution in [1.82, 2.24) is 19.9 Å². The van der Waals surface area contributed by atoms with Crippen LogP contribution in [0.5, 0.6) is 0 Å². The Bertz CT molecular complexity index is 1440. The van der Waals surface area contributed by atoms with E-state index in [2.05, 4.69) is 21.2 Å². The molecule has 7 heteroatoms. The Morgan fingerprint density at radius 3 is 2.56 bits per heavy atom. The van der Waals surface area contributed by atoms with Crippen LogP contribution in [0.1, 0.15) is 40.4 Å². The molecule has 0 bridgehead atoms. The number of pyridine rings is 1. The number of benzene rings is 2. The first-order valence-corrected chi connectivity index (χ1v) is 9.90. The lowest BCUT2D eigenvalue weighted by molar-refractivity contribution is 0.0932. The van der Waals surface area contributed by atoms with Gasteiger partial charge in [-0.25, -0.2) is 9.37 Å². The number of fused-ring (bicyclic) bond motifs is 1. The van der Waals surface area contributed by atoms with Gasteiger partial charge in [0, 0.05) is 29.3 Å². The van der Waals surface area contributed by atoms with Crippen LogP contribution in [0.15, 0.2) is 65.7 Å². The van der Waals surface area contributed by atoms with Crippen LogP contribution in [-0.4, -0.2) is 20.4 Å². The maximum absolute atomic E-state index is 13.6. The van der Waals surface area contributed by atoms with Gasteiger partial charge in [0.25, 0.3) is 11.5 Å². The van der Waals surface area contributed by atoms with E-state index in [-0.39, 0.29) is 11.3 Å². The first-order chi connectivity index (χ1) is 15.4. The van der Waals surface area contributed by atoms with Gasteiger partial charge in [0.05, 0.1) is 17.1 Å². The molecule has 0 aliphatic carbocycles. The number of halogens is 1. The molecule has 158 valence electrons.